The minimum absolute atomic E-state index is 0.242. The van der Waals surface area contributed by atoms with Crippen molar-refractivity contribution < 1.29 is 24.2 Å². The molecule has 0 aromatic heterocycles. The molecule has 13 heavy (non-hydrogen) atoms. The second kappa shape index (κ2) is 6.42. The highest BCUT2D eigenvalue weighted by Gasteiger charge is 2.21. The predicted molar refractivity (Wildman–Crippen MR) is 43.9 cm³/mol. The number of rotatable bonds is 5. The summed E-state index contributed by atoms with van der Waals surface area (Å²) in [6, 6.07) is 0. The van der Waals surface area contributed by atoms with Gasteiger partial charge in [0.1, 0.15) is 6.61 Å². The van der Waals surface area contributed by atoms with Gasteiger partial charge in [-0.3, -0.25) is 0 Å². The Morgan fingerprint density at radius 2 is 2.00 bits per heavy atom. The SMILES string of the molecule is CCOC(=O)C(CC)OC(=O)CO. The van der Waals surface area contributed by atoms with Gasteiger partial charge < -0.3 is 14.6 Å². The quantitative estimate of drug-likeness (QED) is 0.611. The van der Waals surface area contributed by atoms with Gasteiger partial charge in [-0.25, -0.2) is 9.59 Å². The topological polar surface area (TPSA) is 72.8 Å². The standard InChI is InChI=1S/C8H14O5/c1-3-6(8(11)12-4-2)13-7(10)5-9/h6,9H,3-5H2,1-2H3. The Hall–Kier alpha value is -1.10. The van der Waals surface area contributed by atoms with Gasteiger partial charge in [-0.2, -0.15) is 0 Å². The molecule has 1 unspecified atom stereocenters. The van der Waals surface area contributed by atoms with E-state index >= 15 is 0 Å². The lowest BCUT2D eigenvalue weighted by Gasteiger charge is -2.13. The summed E-state index contributed by atoms with van der Waals surface area (Å²) >= 11 is 0. The first-order valence-corrected chi connectivity index (χ1v) is 4.12. The molecule has 76 valence electrons. The average molecular weight is 190 g/mol. The summed E-state index contributed by atoms with van der Waals surface area (Å²) in [5.41, 5.74) is 0. The molecule has 0 rings (SSSR count). The Kier molecular flexibility index (Phi) is 5.88. The van der Waals surface area contributed by atoms with E-state index in [2.05, 4.69) is 9.47 Å². The maximum Gasteiger partial charge on any atom is 0.347 e. The lowest BCUT2D eigenvalue weighted by molar-refractivity contribution is -0.169. The molecule has 0 radical (unpaired) electrons. The number of aliphatic hydroxyl groups excluding tert-OH is 1. The van der Waals surface area contributed by atoms with Crippen LogP contribution in [0.3, 0.4) is 0 Å². The Labute approximate surface area is 76.6 Å². The van der Waals surface area contributed by atoms with Gasteiger partial charge in [-0.05, 0) is 13.3 Å². The summed E-state index contributed by atoms with van der Waals surface area (Å²) in [7, 11) is 0. The van der Waals surface area contributed by atoms with E-state index in [0.717, 1.165) is 0 Å². The lowest BCUT2D eigenvalue weighted by Crippen LogP contribution is -2.29. The normalized spacial score (nSPS) is 11.9. The molecule has 5 nitrogen and oxygen atoms in total. The van der Waals surface area contributed by atoms with Crippen LogP contribution in [0.5, 0.6) is 0 Å². The van der Waals surface area contributed by atoms with Gasteiger partial charge in [0.15, 0.2) is 6.10 Å². The molecular weight excluding hydrogens is 176 g/mol. The van der Waals surface area contributed by atoms with E-state index in [4.69, 9.17) is 5.11 Å². The Balaban J connectivity index is 4.01. The highest BCUT2D eigenvalue weighted by Crippen LogP contribution is 2.01. The Morgan fingerprint density at radius 1 is 1.38 bits per heavy atom. The summed E-state index contributed by atoms with van der Waals surface area (Å²) in [5, 5.41) is 8.36. The monoisotopic (exact) mass is 190 g/mol. The van der Waals surface area contributed by atoms with Crippen molar-refractivity contribution in [3.05, 3.63) is 0 Å². The molecule has 0 fully saturated rings. The zero-order valence-electron chi connectivity index (χ0n) is 7.78. The molecule has 0 aliphatic rings. The number of carbonyl (C=O) groups is 2. The van der Waals surface area contributed by atoms with E-state index in [1.165, 1.54) is 0 Å². The van der Waals surface area contributed by atoms with Crippen molar-refractivity contribution in [2.75, 3.05) is 13.2 Å². The van der Waals surface area contributed by atoms with Gasteiger partial charge in [0.05, 0.1) is 6.61 Å². The molecule has 0 spiro atoms. The molecule has 0 bridgehead atoms. The van der Waals surface area contributed by atoms with E-state index < -0.39 is 24.6 Å². The van der Waals surface area contributed by atoms with Crippen molar-refractivity contribution in [3.8, 4) is 0 Å². The maximum atomic E-state index is 11.0. The van der Waals surface area contributed by atoms with E-state index in [9.17, 15) is 9.59 Å². The molecule has 0 saturated heterocycles. The molecule has 0 aromatic rings. The van der Waals surface area contributed by atoms with Crippen LogP contribution in [-0.4, -0.2) is 36.4 Å². The van der Waals surface area contributed by atoms with E-state index in [-0.39, 0.29) is 6.61 Å². The molecule has 1 N–H and O–H groups in total. The summed E-state index contributed by atoms with van der Waals surface area (Å²) in [5.74, 6) is -1.40. The number of ether oxygens (including phenoxy) is 2. The third-order valence-electron chi connectivity index (χ3n) is 1.32. The van der Waals surface area contributed by atoms with Crippen LogP contribution in [0.25, 0.3) is 0 Å². The van der Waals surface area contributed by atoms with Crippen molar-refractivity contribution in [3.63, 3.8) is 0 Å². The number of carbonyl (C=O) groups excluding carboxylic acids is 2. The smallest absolute Gasteiger partial charge is 0.347 e. The zero-order valence-corrected chi connectivity index (χ0v) is 7.78. The van der Waals surface area contributed by atoms with Crippen LogP contribution in [0.4, 0.5) is 0 Å². The summed E-state index contributed by atoms with van der Waals surface area (Å²) in [6.07, 6.45) is -0.565. The Bertz CT molecular complexity index is 177. The van der Waals surface area contributed by atoms with Crippen LogP contribution in [0, 0.1) is 0 Å². The molecular formula is C8H14O5. The predicted octanol–water partition coefficient (Wildman–Crippen LogP) is -0.136. The van der Waals surface area contributed by atoms with Crippen LogP contribution >= 0.6 is 0 Å². The molecule has 1 atom stereocenters. The molecule has 0 saturated carbocycles. The minimum Gasteiger partial charge on any atom is -0.463 e. The lowest BCUT2D eigenvalue weighted by atomic mass is 10.3. The van der Waals surface area contributed by atoms with Gasteiger partial charge in [0.25, 0.3) is 0 Å². The number of aliphatic hydroxyl groups is 1. The minimum atomic E-state index is -0.903. The largest absolute Gasteiger partial charge is 0.463 e. The number of esters is 2. The van der Waals surface area contributed by atoms with E-state index in [1.807, 2.05) is 0 Å². The van der Waals surface area contributed by atoms with Crippen LogP contribution in [0.15, 0.2) is 0 Å². The van der Waals surface area contributed by atoms with E-state index in [1.54, 1.807) is 13.8 Å². The fourth-order valence-corrected chi connectivity index (χ4v) is 0.729. The van der Waals surface area contributed by atoms with Gasteiger partial charge in [-0.1, -0.05) is 6.92 Å². The van der Waals surface area contributed by atoms with Crippen molar-refractivity contribution in [1.29, 1.82) is 0 Å². The summed E-state index contributed by atoms with van der Waals surface area (Å²) in [6.45, 7) is 2.87. The number of hydrogen-bond donors (Lipinski definition) is 1. The Morgan fingerprint density at radius 3 is 2.38 bits per heavy atom. The maximum absolute atomic E-state index is 11.0. The molecule has 0 aliphatic carbocycles. The first kappa shape index (κ1) is 11.9. The van der Waals surface area contributed by atoms with Crippen molar-refractivity contribution in [2.24, 2.45) is 0 Å². The molecule has 0 aromatic carbocycles. The first-order chi connectivity index (χ1) is 6.15. The van der Waals surface area contributed by atoms with E-state index in [0.29, 0.717) is 6.42 Å². The second-order valence-electron chi connectivity index (χ2n) is 2.30. The first-order valence-electron chi connectivity index (χ1n) is 4.12. The third kappa shape index (κ3) is 4.47. The highest BCUT2D eigenvalue weighted by molar-refractivity contribution is 5.79. The highest BCUT2D eigenvalue weighted by atomic mass is 16.6. The van der Waals surface area contributed by atoms with Gasteiger partial charge in [-0.15, -0.1) is 0 Å². The third-order valence-corrected chi connectivity index (χ3v) is 1.32. The summed E-state index contributed by atoms with van der Waals surface area (Å²) in [4.78, 5) is 21.7. The van der Waals surface area contributed by atoms with Crippen molar-refractivity contribution in [2.45, 2.75) is 26.4 Å². The van der Waals surface area contributed by atoms with Crippen molar-refractivity contribution in [1.82, 2.24) is 0 Å². The van der Waals surface area contributed by atoms with Crippen LogP contribution in [0.2, 0.25) is 0 Å². The molecule has 5 heteroatoms. The molecule has 0 aliphatic heterocycles. The van der Waals surface area contributed by atoms with Crippen LogP contribution < -0.4 is 0 Å². The van der Waals surface area contributed by atoms with Gasteiger partial charge in [0, 0.05) is 0 Å². The van der Waals surface area contributed by atoms with Gasteiger partial charge >= 0.3 is 11.9 Å². The fraction of sp³-hybridized carbons (Fsp3) is 0.750. The van der Waals surface area contributed by atoms with Crippen molar-refractivity contribution >= 4 is 11.9 Å². The van der Waals surface area contributed by atoms with Crippen LogP contribution in [0.1, 0.15) is 20.3 Å². The molecule has 0 heterocycles. The second-order valence-corrected chi connectivity index (χ2v) is 2.30. The number of hydrogen-bond acceptors (Lipinski definition) is 5. The van der Waals surface area contributed by atoms with Gasteiger partial charge in [0.2, 0.25) is 0 Å². The van der Waals surface area contributed by atoms with Crippen LogP contribution in [-0.2, 0) is 19.1 Å². The average Bonchev–Trinajstić information content (AvgIpc) is 2.14. The molecule has 0 amide bonds. The summed E-state index contributed by atoms with van der Waals surface area (Å²) < 4.78 is 9.24. The zero-order chi connectivity index (χ0) is 10.3. The fourth-order valence-electron chi connectivity index (χ4n) is 0.729.